The number of carbonyl (C=O) groups is 16. The fourth-order valence-corrected chi connectivity index (χ4v) is 13.2. The summed E-state index contributed by atoms with van der Waals surface area (Å²) in [5.41, 5.74) is 17.3. The lowest BCUT2D eigenvalue weighted by Crippen LogP contribution is -2.61. The number of rotatable bonds is 49. The van der Waals surface area contributed by atoms with Crippen LogP contribution in [0.5, 0.6) is 0 Å². The van der Waals surface area contributed by atoms with E-state index in [1.54, 1.807) is 27.7 Å². The maximum Gasteiger partial charge on any atom is 0.327 e. The van der Waals surface area contributed by atoms with E-state index in [-0.39, 0.29) is 93.2 Å². The van der Waals surface area contributed by atoms with Crippen molar-refractivity contribution in [1.29, 1.82) is 0 Å². The van der Waals surface area contributed by atoms with Gasteiger partial charge in [-0.25, -0.2) is 4.79 Å². The van der Waals surface area contributed by atoms with Crippen molar-refractivity contribution in [1.82, 2.24) is 78.9 Å². The van der Waals surface area contributed by atoms with E-state index in [4.69, 9.17) is 17.2 Å². The number of aliphatic carboxylic acids is 1. The lowest BCUT2D eigenvalue weighted by atomic mass is 9.97. The van der Waals surface area contributed by atoms with Crippen LogP contribution in [0, 0.1) is 35.5 Å². The highest BCUT2D eigenvalue weighted by Gasteiger charge is 2.43. The van der Waals surface area contributed by atoms with Crippen LogP contribution in [0.2, 0.25) is 0 Å². The van der Waals surface area contributed by atoms with Crippen LogP contribution in [0.15, 0.2) is 0 Å². The number of nitrogens with one attached hydrogen (secondary N) is 13. The number of hydrogen-bond acceptors (Lipinski definition) is 21. The summed E-state index contributed by atoms with van der Waals surface area (Å²) in [6.45, 7) is 27.8. The quantitative estimate of drug-likeness (QED) is 0.0240. The van der Waals surface area contributed by atoms with E-state index < -0.39 is 203 Å². The standard InChI is InChI=1S/C74H132N18O17S2/c1-37(2)31-49(64(98)79-44(14)60(94)81-46(16)72(106)91-29-21-25-55(91)68(102)88-54(36-111)74(108)109)83-65(99)50(32-38(3)4)84-71(105)58(42(11)12)90-69(103)56-26-22-30-92(56)73(107)52(34-40(7)8)86-66(100)51(33-39(5)6)85-70(104)57(41(9)10)89-61(95)45(15)78-59(93)43(13)80-67(101)53(35-110)87-63(97)48(24-18-20-28-76)82-62(96)47(77)23-17-19-27-75/h37-58,110-111H,17-36,75-77H2,1-16H3,(H,78,93)(H,79,98)(H,80,101)(H,81,94)(H,82,96)(H,83,99)(H,84,105)(H,85,104)(H,86,100)(H,87,97)(H,88,102)(H,89,95)(H,90,103)(H,108,109)/t43-,44-,45-,46-,47-,48-,49-,50-,51-,52-,53-,54-,55-,56-,57-,58-/m0/s1. The maximum absolute atomic E-state index is 14.8. The highest BCUT2D eigenvalue weighted by molar-refractivity contribution is 7.80. The number of amides is 15. The van der Waals surface area contributed by atoms with Crippen molar-refractivity contribution < 1.29 is 81.8 Å². The molecule has 16 atom stereocenters. The van der Waals surface area contributed by atoms with Gasteiger partial charge in [0.15, 0.2) is 0 Å². The lowest BCUT2D eigenvalue weighted by molar-refractivity contribution is -0.144. The van der Waals surface area contributed by atoms with Crippen LogP contribution < -0.4 is 86.3 Å². The first-order valence-corrected chi connectivity index (χ1v) is 40.4. The summed E-state index contributed by atoms with van der Waals surface area (Å²) >= 11 is 8.23. The van der Waals surface area contributed by atoms with E-state index in [1.165, 1.54) is 37.5 Å². The Morgan fingerprint density at radius 2 is 0.676 bits per heavy atom. The summed E-state index contributed by atoms with van der Waals surface area (Å²) in [7, 11) is 0. The molecule has 37 heteroatoms. The Morgan fingerprint density at radius 1 is 0.351 bits per heavy atom. The maximum atomic E-state index is 14.8. The van der Waals surface area contributed by atoms with Gasteiger partial charge in [-0.05, 0) is 160 Å². The van der Waals surface area contributed by atoms with Gasteiger partial charge in [0.25, 0.3) is 0 Å². The lowest BCUT2D eigenvalue weighted by Gasteiger charge is -2.32. The van der Waals surface area contributed by atoms with E-state index in [0.717, 1.165) is 0 Å². The molecule has 0 aromatic carbocycles. The molecule has 111 heavy (non-hydrogen) atoms. The molecule has 2 aliphatic heterocycles. The molecule has 2 rings (SSSR count). The summed E-state index contributed by atoms with van der Waals surface area (Å²) < 4.78 is 0. The van der Waals surface area contributed by atoms with Gasteiger partial charge in [0, 0.05) is 24.6 Å². The van der Waals surface area contributed by atoms with Crippen molar-refractivity contribution in [2.24, 2.45) is 52.7 Å². The van der Waals surface area contributed by atoms with Crippen molar-refractivity contribution in [3.63, 3.8) is 0 Å². The molecular weight excluding hydrogens is 1480 g/mol. The predicted octanol–water partition coefficient (Wildman–Crippen LogP) is -1.62. The Labute approximate surface area is 665 Å². The molecule has 0 radical (unpaired) electrons. The third kappa shape index (κ3) is 33.8. The summed E-state index contributed by atoms with van der Waals surface area (Å²) in [6, 6.07) is -19.0. The van der Waals surface area contributed by atoms with Crippen LogP contribution in [-0.2, 0) is 76.7 Å². The molecule has 0 bridgehead atoms. The van der Waals surface area contributed by atoms with Crippen molar-refractivity contribution in [2.75, 3.05) is 37.7 Å². The largest absolute Gasteiger partial charge is 0.480 e. The Hall–Kier alpha value is -7.90. The predicted molar refractivity (Wildman–Crippen MR) is 424 cm³/mol. The van der Waals surface area contributed by atoms with Crippen LogP contribution in [0.1, 0.15) is 201 Å². The van der Waals surface area contributed by atoms with Gasteiger partial charge in [-0.3, -0.25) is 71.9 Å². The number of hydrogen-bond donors (Lipinski definition) is 19. The van der Waals surface area contributed by atoms with Gasteiger partial charge in [-0.15, -0.1) is 0 Å². The van der Waals surface area contributed by atoms with Crippen LogP contribution in [0.4, 0.5) is 0 Å². The normalized spacial score (nSPS) is 18.1. The van der Waals surface area contributed by atoms with Crippen molar-refractivity contribution >= 4 is 120 Å². The minimum absolute atomic E-state index is 0.0838. The molecule has 632 valence electrons. The summed E-state index contributed by atoms with van der Waals surface area (Å²) in [5.74, 6) is -14.2. The Kier molecular flexibility index (Phi) is 44.3. The fraction of sp³-hybridized carbons (Fsp3) is 0.784. The van der Waals surface area contributed by atoms with Gasteiger partial charge < -0.3 is 101 Å². The highest BCUT2D eigenvalue weighted by atomic mass is 32.1. The number of nitrogens with zero attached hydrogens (tertiary/aromatic N) is 2. The average molecular weight is 1610 g/mol. The van der Waals surface area contributed by atoms with Crippen LogP contribution in [0.3, 0.4) is 0 Å². The van der Waals surface area contributed by atoms with Crippen LogP contribution >= 0.6 is 25.3 Å². The molecule has 0 aromatic rings. The number of nitrogens with two attached hydrogens (primary N) is 3. The first-order chi connectivity index (χ1) is 51.9. The minimum Gasteiger partial charge on any atom is -0.480 e. The second-order valence-electron chi connectivity index (χ2n) is 31.6. The van der Waals surface area contributed by atoms with Gasteiger partial charge in [0.1, 0.15) is 90.6 Å². The second-order valence-corrected chi connectivity index (χ2v) is 32.3. The monoisotopic (exact) mass is 1610 g/mol. The van der Waals surface area contributed by atoms with Crippen molar-refractivity contribution in [3.05, 3.63) is 0 Å². The zero-order valence-electron chi connectivity index (χ0n) is 67.8. The first kappa shape index (κ1) is 99.2. The van der Waals surface area contributed by atoms with Crippen LogP contribution in [-0.4, -0.2) is 244 Å². The third-order valence-corrected chi connectivity index (χ3v) is 19.7. The molecular formula is C74H132N18O17S2. The van der Waals surface area contributed by atoms with E-state index in [1.807, 2.05) is 55.4 Å². The minimum atomic E-state index is -1.29. The Bertz CT molecular complexity index is 3150. The number of carboxylic acid groups (broad SMARTS) is 1. The number of unbranched alkanes of at least 4 members (excludes halogenated alkanes) is 2. The molecule has 2 aliphatic rings. The summed E-state index contributed by atoms with van der Waals surface area (Å²) in [4.78, 5) is 222. The number of carbonyl (C=O) groups excluding carboxylic acids is 15. The van der Waals surface area contributed by atoms with Gasteiger partial charge in [0.05, 0.1) is 6.04 Å². The van der Waals surface area contributed by atoms with Gasteiger partial charge in [-0.2, -0.15) is 25.3 Å². The number of likely N-dealkylation sites (tertiary alicyclic amines) is 2. The highest BCUT2D eigenvalue weighted by Crippen LogP contribution is 2.24. The molecule has 20 N–H and O–H groups in total. The molecule has 35 nitrogen and oxygen atoms in total. The van der Waals surface area contributed by atoms with Crippen molar-refractivity contribution in [2.45, 2.75) is 297 Å². The number of carboxylic acids is 1. The topological polar surface area (TPSA) is 534 Å². The molecule has 0 unspecified atom stereocenters. The second kappa shape index (κ2) is 49.6. The van der Waals surface area contributed by atoms with E-state index in [0.29, 0.717) is 58.0 Å². The molecule has 2 fully saturated rings. The Morgan fingerprint density at radius 3 is 1.09 bits per heavy atom. The van der Waals surface area contributed by atoms with Gasteiger partial charge >= 0.3 is 5.97 Å². The van der Waals surface area contributed by atoms with Gasteiger partial charge in [0.2, 0.25) is 88.6 Å². The molecule has 0 spiro atoms. The molecule has 15 amide bonds. The zero-order valence-corrected chi connectivity index (χ0v) is 69.6. The van der Waals surface area contributed by atoms with Crippen LogP contribution in [0.25, 0.3) is 0 Å². The molecule has 0 aliphatic carbocycles. The van der Waals surface area contributed by atoms with E-state index in [9.17, 15) is 81.8 Å². The Balaban J connectivity index is 2.24. The average Bonchev–Trinajstić information content (AvgIpc) is 1.72. The molecule has 2 heterocycles. The van der Waals surface area contributed by atoms with E-state index in [2.05, 4.69) is 94.4 Å². The smallest absolute Gasteiger partial charge is 0.327 e. The SMILES string of the molecule is CC(C)C[C@H](NC(=O)[C@H](CC(C)C)NC(=O)[C@@H](NC(=O)[C@@H]1CCCN1C(=O)[C@H](CC(C)C)NC(=O)[C@H](CC(C)C)NC(=O)[C@@H](NC(=O)[C@H](C)NC(=O)[C@H](C)NC(=O)[C@H](CS)NC(=O)[C@H](CCCCN)NC(=O)[C@@H](N)CCCCN)C(C)C)C(C)C)C(=O)N[C@@H](C)C(=O)N[C@@H](C)C(=O)N1CCC[C@H]1C(=O)N[C@@H](CS)C(=O)O. The zero-order chi connectivity index (χ0) is 84.4. The summed E-state index contributed by atoms with van der Waals surface area (Å²) in [6.07, 6.45) is 4.49. The molecule has 2 saturated heterocycles. The molecule has 0 aromatic heterocycles. The third-order valence-electron chi connectivity index (χ3n) is 19.0. The van der Waals surface area contributed by atoms with Crippen molar-refractivity contribution in [3.8, 4) is 0 Å². The first-order valence-electron chi connectivity index (χ1n) is 39.1. The fourth-order valence-electron chi connectivity index (χ4n) is 12.7. The number of thiol groups is 2. The summed E-state index contributed by atoms with van der Waals surface area (Å²) in [5, 5.41) is 43.9. The van der Waals surface area contributed by atoms with Gasteiger partial charge in [-0.1, -0.05) is 89.5 Å². The van der Waals surface area contributed by atoms with E-state index >= 15 is 0 Å². The molecule has 0 saturated carbocycles.